The zero-order chi connectivity index (χ0) is 20.1. The van der Waals surface area contributed by atoms with Crippen LogP contribution in [0.2, 0.25) is 0 Å². The van der Waals surface area contributed by atoms with E-state index in [2.05, 4.69) is 23.3 Å². The molecule has 26 heavy (non-hydrogen) atoms. The highest BCUT2D eigenvalue weighted by Gasteiger charge is 2.24. The molecule has 2 unspecified atom stereocenters. The van der Waals surface area contributed by atoms with E-state index in [1.807, 2.05) is 5.32 Å². The Balaban J connectivity index is 4.39. The number of aliphatic carboxylic acids is 3. The van der Waals surface area contributed by atoms with Crippen molar-refractivity contribution in [2.75, 3.05) is 12.3 Å². The maximum atomic E-state index is 11.8. The van der Waals surface area contributed by atoms with E-state index in [4.69, 9.17) is 15.3 Å². The van der Waals surface area contributed by atoms with E-state index >= 15 is 0 Å². The summed E-state index contributed by atoms with van der Waals surface area (Å²) < 4.78 is 0. The smallest absolute Gasteiger partial charge is 0.326 e. The summed E-state index contributed by atoms with van der Waals surface area (Å²) >= 11 is 3.79. The van der Waals surface area contributed by atoms with Crippen molar-refractivity contribution in [2.45, 2.75) is 44.2 Å². The van der Waals surface area contributed by atoms with Crippen LogP contribution in [0.15, 0.2) is 0 Å². The van der Waals surface area contributed by atoms with Crippen LogP contribution in [0.1, 0.15) is 32.1 Å². The molecule has 0 aliphatic rings. The second-order valence-electron chi connectivity index (χ2n) is 5.34. The molecule has 0 fully saturated rings. The van der Waals surface area contributed by atoms with Crippen LogP contribution in [0.5, 0.6) is 0 Å². The van der Waals surface area contributed by atoms with Crippen molar-refractivity contribution in [1.82, 2.24) is 16.0 Å². The maximum Gasteiger partial charge on any atom is 0.326 e. The summed E-state index contributed by atoms with van der Waals surface area (Å²) in [5.74, 6) is -4.13. The van der Waals surface area contributed by atoms with E-state index in [0.717, 1.165) is 0 Å². The van der Waals surface area contributed by atoms with Crippen LogP contribution in [-0.4, -0.2) is 69.5 Å². The number of hydrogen-bond acceptors (Lipinski definition) is 6. The minimum Gasteiger partial charge on any atom is -0.481 e. The first-order chi connectivity index (χ1) is 12.2. The first kappa shape index (κ1) is 23.5. The molecule has 0 saturated heterocycles. The number of thiol groups is 1. The van der Waals surface area contributed by atoms with Crippen molar-refractivity contribution in [3.05, 3.63) is 0 Å². The third-order valence-electron chi connectivity index (χ3n) is 3.24. The Morgan fingerprint density at radius 1 is 0.846 bits per heavy atom. The van der Waals surface area contributed by atoms with Gasteiger partial charge in [0.25, 0.3) is 0 Å². The van der Waals surface area contributed by atoms with E-state index in [0.29, 0.717) is 19.4 Å². The summed E-state index contributed by atoms with van der Waals surface area (Å²) in [6.45, 7) is 0.341. The fraction of sp³-hybridized carbons (Fsp3) is 0.643. The van der Waals surface area contributed by atoms with Crippen molar-refractivity contribution >= 4 is 42.5 Å². The summed E-state index contributed by atoms with van der Waals surface area (Å²) in [4.78, 5) is 55.4. The number of carboxylic acids is 3. The molecule has 3 amide bonds. The van der Waals surface area contributed by atoms with Gasteiger partial charge < -0.3 is 31.3 Å². The number of carboxylic acid groups (broad SMARTS) is 3. The average Bonchev–Trinajstić information content (AvgIpc) is 2.56. The maximum absolute atomic E-state index is 11.8. The highest BCUT2D eigenvalue weighted by Crippen LogP contribution is 2.02. The molecular formula is C14H23N3O8S. The molecule has 0 aliphatic carbocycles. The average molecular weight is 393 g/mol. The molecule has 12 heteroatoms. The molecule has 0 bridgehead atoms. The fourth-order valence-electron chi connectivity index (χ4n) is 1.90. The number of nitrogens with one attached hydrogen (secondary N) is 3. The molecule has 0 aromatic heterocycles. The summed E-state index contributed by atoms with van der Waals surface area (Å²) in [6.07, 6.45) is 0.166. The lowest BCUT2D eigenvalue weighted by Crippen LogP contribution is -2.51. The lowest BCUT2D eigenvalue weighted by atomic mass is 10.1. The fourth-order valence-corrected chi connectivity index (χ4v) is 2.01. The lowest BCUT2D eigenvalue weighted by molar-refractivity contribution is -0.140. The molecule has 0 aromatic rings. The summed E-state index contributed by atoms with van der Waals surface area (Å²) in [7, 11) is 0. The Hall–Kier alpha value is -2.50. The van der Waals surface area contributed by atoms with E-state index in [-0.39, 0.29) is 24.5 Å². The van der Waals surface area contributed by atoms with Gasteiger partial charge in [0.2, 0.25) is 5.91 Å². The first-order valence-electron chi connectivity index (χ1n) is 7.79. The monoisotopic (exact) mass is 393 g/mol. The SMILES string of the molecule is O=C(O)CCC(NC(=O)NC(CCCCNC(=O)CS)C(=O)O)C(=O)O. The van der Waals surface area contributed by atoms with Gasteiger partial charge in [0.15, 0.2) is 0 Å². The third kappa shape index (κ3) is 11.1. The van der Waals surface area contributed by atoms with E-state index in [1.54, 1.807) is 0 Å². The van der Waals surface area contributed by atoms with Crippen LogP contribution >= 0.6 is 12.6 Å². The number of hydrogen-bond donors (Lipinski definition) is 7. The summed E-state index contributed by atoms with van der Waals surface area (Å²) in [6, 6.07) is -3.71. The topological polar surface area (TPSA) is 182 Å². The van der Waals surface area contributed by atoms with E-state index in [1.165, 1.54) is 0 Å². The Kier molecular flexibility index (Phi) is 11.6. The molecule has 0 rings (SSSR count). The molecule has 0 heterocycles. The second-order valence-corrected chi connectivity index (χ2v) is 5.65. The van der Waals surface area contributed by atoms with Gasteiger partial charge in [-0.15, -0.1) is 0 Å². The molecule has 0 aromatic carbocycles. The van der Waals surface area contributed by atoms with Crippen LogP contribution < -0.4 is 16.0 Å². The molecule has 0 saturated carbocycles. The second kappa shape index (κ2) is 12.8. The van der Waals surface area contributed by atoms with Crippen molar-refractivity contribution < 1.29 is 39.3 Å². The zero-order valence-electron chi connectivity index (χ0n) is 13.9. The van der Waals surface area contributed by atoms with Gasteiger partial charge in [0.1, 0.15) is 12.1 Å². The summed E-state index contributed by atoms with van der Waals surface area (Å²) in [5.41, 5.74) is 0. The predicted octanol–water partition coefficient (Wildman–Crippen LogP) is -0.727. The Morgan fingerprint density at radius 2 is 1.38 bits per heavy atom. The first-order valence-corrected chi connectivity index (χ1v) is 8.42. The third-order valence-corrected chi connectivity index (χ3v) is 3.53. The van der Waals surface area contributed by atoms with Gasteiger partial charge in [0.05, 0.1) is 5.75 Å². The molecule has 11 nitrogen and oxygen atoms in total. The van der Waals surface area contributed by atoms with Gasteiger partial charge in [-0.25, -0.2) is 14.4 Å². The largest absolute Gasteiger partial charge is 0.481 e. The zero-order valence-corrected chi connectivity index (χ0v) is 14.8. The van der Waals surface area contributed by atoms with Crippen LogP contribution in [0.3, 0.4) is 0 Å². The number of amides is 3. The van der Waals surface area contributed by atoms with Crippen LogP contribution in [-0.2, 0) is 19.2 Å². The number of carbonyl (C=O) groups is 5. The van der Waals surface area contributed by atoms with Gasteiger partial charge >= 0.3 is 23.9 Å². The molecule has 0 spiro atoms. The van der Waals surface area contributed by atoms with Crippen LogP contribution in [0, 0.1) is 0 Å². The highest BCUT2D eigenvalue weighted by molar-refractivity contribution is 7.81. The highest BCUT2D eigenvalue weighted by atomic mass is 32.1. The van der Waals surface area contributed by atoms with Crippen molar-refractivity contribution in [3.63, 3.8) is 0 Å². The van der Waals surface area contributed by atoms with Crippen molar-refractivity contribution in [2.24, 2.45) is 0 Å². The van der Waals surface area contributed by atoms with Crippen molar-refractivity contribution in [3.8, 4) is 0 Å². The van der Waals surface area contributed by atoms with Gasteiger partial charge in [-0.05, 0) is 25.7 Å². The van der Waals surface area contributed by atoms with Crippen LogP contribution in [0.25, 0.3) is 0 Å². The lowest BCUT2D eigenvalue weighted by Gasteiger charge is -2.18. The van der Waals surface area contributed by atoms with E-state index < -0.39 is 42.4 Å². The molecular weight excluding hydrogens is 370 g/mol. The predicted molar refractivity (Wildman–Crippen MR) is 92.1 cm³/mol. The number of rotatable bonds is 13. The normalized spacial score (nSPS) is 12.5. The van der Waals surface area contributed by atoms with Gasteiger partial charge in [-0.2, -0.15) is 12.6 Å². The standard InChI is InChI=1S/C14H23N3O8S/c18-10(7-26)15-6-2-1-3-8(12(21)22)16-14(25)17-9(13(23)24)4-5-11(19)20/h8-9,26H,1-7H2,(H,15,18)(H,19,20)(H,21,22)(H,23,24)(H2,16,17,25). The van der Waals surface area contributed by atoms with Crippen LogP contribution in [0.4, 0.5) is 4.79 Å². The minimum absolute atomic E-state index is 0.0477. The van der Waals surface area contributed by atoms with Gasteiger partial charge in [-0.3, -0.25) is 9.59 Å². The Labute approximate surface area is 154 Å². The van der Waals surface area contributed by atoms with Gasteiger partial charge in [-0.1, -0.05) is 0 Å². The van der Waals surface area contributed by atoms with Gasteiger partial charge in [0, 0.05) is 13.0 Å². The Morgan fingerprint density at radius 3 is 1.85 bits per heavy atom. The summed E-state index contributed by atoms with van der Waals surface area (Å²) in [5, 5.41) is 33.4. The van der Waals surface area contributed by atoms with Crippen molar-refractivity contribution in [1.29, 1.82) is 0 Å². The molecule has 0 radical (unpaired) electrons. The minimum atomic E-state index is -1.45. The number of urea groups is 1. The number of carbonyl (C=O) groups excluding carboxylic acids is 2. The molecule has 6 N–H and O–H groups in total. The Bertz CT molecular complexity index is 528. The quantitative estimate of drug-likeness (QED) is 0.158. The number of unbranched alkanes of at least 4 members (excludes halogenated alkanes) is 1. The molecule has 2 atom stereocenters. The molecule has 0 aliphatic heterocycles. The molecule has 148 valence electrons. The van der Waals surface area contributed by atoms with E-state index in [9.17, 15) is 24.0 Å².